The van der Waals surface area contributed by atoms with E-state index in [4.69, 9.17) is 14.2 Å². The van der Waals surface area contributed by atoms with Crippen LogP contribution in [-0.2, 0) is 40.0 Å². The van der Waals surface area contributed by atoms with Gasteiger partial charge in [-0.1, -0.05) is 30.3 Å². The molecule has 0 saturated carbocycles. The molecule has 1 aromatic carbocycles. The van der Waals surface area contributed by atoms with Gasteiger partial charge in [0.05, 0.1) is 0 Å². The summed E-state index contributed by atoms with van der Waals surface area (Å²) in [6.45, 7) is 10.1. The Bertz CT molecular complexity index is 934. The summed E-state index contributed by atoms with van der Waals surface area (Å²) in [5.41, 5.74) is -0.761. The molecule has 1 rings (SSSR count). The third kappa shape index (κ3) is 14.5. The lowest BCUT2D eigenvalue weighted by Gasteiger charge is -2.23. The molecule has 0 unspecified atom stereocenters. The predicted molar refractivity (Wildman–Crippen MR) is 133 cm³/mol. The molecule has 11 heteroatoms. The summed E-state index contributed by atoms with van der Waals surface area (Å²) < 4.78 is 15.6. The first-order chi connectivity index (χ1) is 17.1. The van der Waals surface area contributed by atoms with Gasteiger partial charge in [0.15, 0.2) is 0 Å². The van der Waals surface area contributed by atoms with E-state index < -0.39 is 53.2 Å². The number of ether oxygens (including phenoxy) is 3. The third-order valence-electron chi connectivity index (χ3n) is 4.55. The molecule has 0 radical (unpaired) electrons. The number of carboxylic acid groups (broad SMARTS) is 1. The second-order valence-electron chi connectivity index (χ2n) is 10.4. The summed E-state index contributed by atoms with van der Waals surface area (Å²) in [5, 5.41) is 14.2. The Kier molecular flexibility index (Phi) is 12.0. The number of benzene rings is 1. The van der Waals surface area contributed by atoms with Crippen molar-refractivity contribution in [1.82, 2.24) is 10.6 Å². The highest BCUT2D eigenvalue weighted by Crippen LogP contribution is 2.12. The lowest BCUT2D eigenvalue weighted by Crippen LogP contribution is -2.52. The van der Waals surface area contributed by atoms with Gasteiger partial charge in [-0.05, 0) is 59.9 Å². The fourth-order valence-corrected chi connectivity index (χ4v) is 3.01. The van der Waals surface area contributed by atoms with Crippen molar-refractivity contribution in [3.8, 4) is 0 Å². The Balaban J connectivity index is 2.85. The maximum absolute atomic E-state index is 12.9. The molecule has 37 heavy (non-hydrogen) atoms. The van der Waals surface area contributed by atoms with E-state index in [1.165, 1.54) is 0 Å². The van der Waals surface area contributed by atoms with Crippen LogP contribution in [-0.4, -0.2) is 58.3 Å². The molecule has 0 saturated heterocycles. The second-order valence-corrected chi connectivity index (χ2v) is 10.4. The minimum atomic E-state index is -1.42. The average Bonchev–Trinajstić information content (AvgIpc) is 2.76. The molecule has 2 amide bonds. The van der Waals surface area contributed by atoms with Crippen molar-refractivity contribution in [3.05, 3.63) is 35.9 Å². The van der Waals surface area contributed by atoms with E-state index in [2.05, 4.69) is 10.6 Å². The van der Waals surface area contributed by atoms with E-state index in [0.717, 1.165) is 5.56 Å². The van der Waals surface area contributed by atoms with Crippen molar-refractivity contribution in [3.63, 3.8) is 0 Å². The lowest BCUT2D eigenvalue weighted by atomic mass is 10.1. The van der Waals surface area contributed by atoms with Crippen LogP contribution in [0.2, 0.25) is 0 Å². The molecule has 0 fully saturated rings. The van der Waals surface area contributed by atoms with Gasteiger partial charge in [-0.2, -0.15) is 0 Å². The summed E-state index contributed by atoms with van der Waals surface area (Å²) >= 11 is 0. The maximum atomic E-state index is 12.9. The Hall–Kier alpha value is -3.63. The predicted octanol–water partition coefficient (Wildman–Crippen LogP) is 3.09. The summed E-state index contributed by atoms with van der Waals surface area (Å²) in [6, 6.07) is 6.14. The minimum absolute atomic E-state index is 0.0548. The fraction of sp³-hybridized carbons (Fsp3) is 0.577. The minimum Gasteiger partial charge on any atom is -0.480 e. The maximum Gasteiger partial charge on any atom is 0.408 e. The molecule has 0 aliphatic heterocycles. The number of hydrogen-bond donors (Lipinski definition) is 3. The van der Waals surface area contributed by atoms with Crippen molar-refractivity contribution in [1.29, 1.82) is 0 Å². The first-order valence-corrected chi connectivity index (χ1v) is 12.0. The highest BCUT2D eigenvalue weighted by molar-refractivity contribution is 5.89. The first kappa shape index (κ1) is 31.4. The average molecular weight is 523 g/mol. The van der Waals surface area contributed by atoms with Crippen LogP contribution in [0, 0.1) is 0 Å². The van der Waals surface area contributed by atoms with Crippen LogP contribution in [0.1, 0.15) is 72.8 Å². The summed E-state index contributed by atoms with van der Waals surface area (Å²) in [4.78, 5) is 61.1. The van der Waals surface area contributed by atoms with Gasteiger partial charge in [0, 0.05) is 12.8 Å². The lowest BCUT2D eigenvalue weighted by molar-refractivity contribution is -0.156. The molecule has 2 atom stereocenters. The van der Waals surface area contributed by atoms with Gasteiger partial charge < -0.3 is 30.0 Å². The van der Waals surface area contributed by atoms with Crippen molar-refractivity contribution in [2.24, 2.45) is 0 Å². The summed E-state index contributed by atoms with van der Waals surface area (Å²) in [7, 11) is 0. The zero-order chi connectivity index (χ0) is 28.2. The number of rotatable bonds is 12. The SMILES string of the molecule is CC(C)(C)OC(=O)CC[C@H](NC(=O)[C@H](CCC(=O)OC(C)(C)C)NC(=O)OCc1ccccc1)C(=O)O. The van der Waals surface area contributed by atoms with Crippen LogP contribution in [0.3, 0.4) is 0 Å². The van der Waals surface area contributed by atoms with Crippen LogP contribution in [0.25, 0.3) is 0 Å². The molecular weight excluding hydrogens is 484 g/mol. The van der Waals surface area contributed by atoms with Gasteiger partial charge in [0.25, 0.3) is 0 Å². The van der Waals surface area contributed by atoms with Gasteiger partial charge in [-0.15, -0.1) is 0 Å². The number of hydrogen-bond acceptors (Lipinski definition) is 8. The van der Waals surface area contributed by atoms with Crippen LogP contribution in [0.15, 0.2) is 30.3 Å². The zero-order valence-electron chi connectivity index (χ0n) is 22.3. The van der Waals surface area contributed by atoms with Gasteiger partial charge >= 0.3 is 24.0 Å². The Morgan fingerprint density at radius 3 is 1.73 bits per heavy atom. The molecule has 0 spiro atoms. The van der Waals surface area contributed by atoms with E-state index in [9.17, 15) is 29.1 Å². The normalized spacial score (nSPS) is 13.0. The van der Waals surface area contributed by atoms with Gasteiger partial charge in [-0.3, -0.25) is 14.4 Å². The molecule has 0 heterocycles. The Labute approximate surface area is 217 Å². The van der Waals surface area contributed by atoms with Crippen molar-refractivity contribution >= 4 is 29.9 Å². The van der Waals surface area contributed by atoms with Crippen molar-refractivity contribution < 1.29 is 43.3 Å². The van der Waals surface area contributed by atoms with Gasteiger partial charge in [-0.25, -0.2) is 9.59 Å². The Morgan fingerprint density at radius 2 is 1.27 bits per heavy atom. The van der Waals surface area contributed by atoms with Gasteiger partial charge in [0.1, 0.15) is 29.9 Å². The number of carboxylic acids is 1. The topological polar surface area (TPSA) is 157 Å². The standard InChI is InChI=1S/C26H38N2O9/c1-25(2,3)36-20(29)14-12-18(28-24(34)35-16-17-10-8-7-9-11-17)22(31)27-19(23(32)33)13-15-21(30)37-26(4,5)6/h7-11,18-19H,12-16H2,1-6H3,(H,27,31)(H,28,34)(H,32,33)/t18-,19-/m0/s1. The number of aliphatic carboxylic acids is 1. The van der Waals surface area contributed by atoms with E-state index in [-0.39, 0.29) is 32.3 Å². The number of alkyl carbamates (subject to hydrolysis) is 1. The highest BCUT2D eigenvalue weighted by atomic mass is 16.6. The number of nitrogens with one attached hydrogen (secondary N) is 2. The molecule has 206 valence electrons. The second kappa shape index (κ2) is 14.2. The summed E-state index contributed by atoms with van der Waals surface area (Å²) in [6.07, 6.45) is -1.78. The molecule has 0 bridgehead atoms. The molecule has 0 aliphatic rings. The molecule has 0 aliphatic carbocycles. The van der Waals surface area contributed by atoms with Crippen LogP contribution in [0.5, 0.6) is 0 Å². The monoisotopic (exact) mass is 522 g/mol. The number of carbonyl (C=O) groups is 5. The van der Waals surface area contributed by atoms with Crippen LogP contribution < -0.4 is 10.6 Å². The van der Waals surface area contributed by atoms with Crippen LogP contribution >= 0.6 is 0 Å². The fourth-order valence-electron chi connectivity index (χ4n) is 3.01. The molecule has 3 N–H and O–H groups in total. The number of carbonyl (C=O) groups excluding carboxylic acids is 4. The van der Waals surface area contributed by atoms with E-state index in [1.54, 1.807) is 65.8 Å². The largest absolute Gasteiger partial charge is 0.480 e. The molecule has 11 nitrogen and oxygen atoms in total. The number of esters is 2. The van der Waals surface area contributed by atoms with E-state index in [0.29, 0.717) is 0 Å². The first-order valence-electron chi connectivity index (χ1n) is 12.0. The van der Waals surface area contributed by atoms with Crippen LogP contribution in [0.4, 0.5) is 4.79 Å². The van der Waals surface area contributed by atoms with E-state index in [1.807, 2.05) is 6.07 Å². The summed E-state index contributed by atoms with van der Waals surface area (Å²) in [5.74, 6) is -3.42. The Morgan fingerprint density at radius 1 is 0.784 bits per heavy atom. The molecule has 0 aromatic heterocycles. The van der Waals surface area contributed by atoms with Crippen molar-refractivity contribution in [2.75, 3.05) is 0 Å². The molecular formula is C26H38N2O9. The number of amides is 2. The highest BCUT2D eigenvalue weighted by Gasteiger charge is 2.29. The van der Waals surface area contributed by atoms with Crippen molar-refractivity contribution in [2.45, 2.75) is 97.1 Å². The third-order valence-corrected chi connectivity index (χ3v) is 4.55. The zero-order valence-corrected chi connectivity index (χ0v) is 22.3. The smallest absolute Gasteiger partial charge is 0.408 e. The van der Waals surface area contributed by atoms with Gasteiger partial charge in [0.2, 0.25) is 5.91 Å². The van der Waals surface area contributed by atoms with E-state index >= 15 is 0 Å². The quantitative estimate of drug-likeness (QED) is 0.277. The molecule has 1 aromatic rings.